The van der Waals surface area contributed by atoms with E-state index in [2.05, 4.69) is 37.4 Å². The number of halogens is 2. The second-order valence-corrected chi connectivity index (χ2v) is 6.00. The molecule has 2 aromatic rings. The Hall–Kier alpha value is -1.51. The zero-order valence-electron chi connectivity index (χ0n) is 12.0. The van der Waals surface area contributed by atoms with Gasteiger partial charge in [0, 0.05) is 22.2 Å². The summed E-state index contributed by atoms with van der Waals surface area (Å²) in [4.78, 5) is 12.0. The third-order valence-corrected chi connectivity index (χ3v) is 3.79. The first-order chi connectivity index (χ1) is 9.94. The Morgan fingerprint density at radius 3 is 2.29 bits per heavy atom. The number of nitrogens with one attached hydrogen (secondary N) is 1. The minimum Gasteiger partial charge on any atom is -0.326 e. The maximum absolute atomic E-state index is 12.0. The standard InChI is InChI=1S/C17H17Cl2NO/c1-11-3-4-13(7-12(11)2)5-6-17(21)20-16-9-14(18)8-15(19)10-16/h3-4,7-10H,5-6H2,1-2H3,(H,20,21). The first-order valence-electron chi connectivity index (χ1n) is 6.76. The zero-order valence-corrected chi connectivity index (χ0v) is 13.6. The van der Waals surface area contributed by atoms with E-state index in [4.69, 9.17) is 23.2 Å². The van der Waals surface area contributed by atoms with Gasteiger partial charge in [-0.15, -0.1) is 0 Å². The van der Waals surface area contributed by atoms with Crippen LogP contribution in [0.25, 0.3) is 0 Å². The van der Waals surface area contributed by atoms with Crippen LogP contribution in [-0.2, 0) is 11.2 Å². The van der Waals surface area contributed by atoms with Gasteiger partial charge in [-0.25, -0.2) is 0 Å². The molecule has 0 unspecified atom stereocenters. The number of anilines is 1. The third kappa shape index (κ3) is 4.76. The molecule has 2 aromatic carbocycles. The number of amides is 1. The second-order valence-electron chi connectivity index (χ2n) is 5.12. The molecule has 2 nitrogen and oxygen atoms in total. The monoisotopic (exact) mass is 321 g/mol. The number of rotatable bonds is 4. The first-order valence-corrected chi connectivity index (χ1v) is 7.52. The molecule has 0 bridgehead atoms. The smallest absolute Gasteiger partial charge is 0.224 e. The summed E-state index contributed by atoms with van der Waals surface area (Å²) in [5, 5.41) is 3.82. The fraction of sp³-hybridized carbons (Fsp3) is 0.235. The Kier molecular flexibility index (Phi) is 5.27. The van der Waals surface area contributed by atoms with Crippen molar-refractivity contribution in [2.45, 2.75) is 26.7 Å². The van der Waals surface area contributed by atoms with Gasteiger partial charge in [0.1, 0.15) is 0 Å². The Bertz CT molecular complexity index is 648. The van der Waals surface area contributed by atoms with Crippen molar-refractivity contribution < 1.29 is 4.79 Å². The first kappa shape index (κ1) is 15.9. The molecule has 0 aromatic heterocycles. The Morgan fingerprint density at radius 1 is 1.00 bits per heavy atom. The lowest BCUT2D eigenvalue weighted by atomic mass is 10.0. The maximum Gasteiger partial charge on any atom is 0.224 e. The predicted molar refractivity (Wildman–Crippen MR) is 89.3 cm³/mol. The summed E-state index contributed by atoms with van der Waals surface area (Å²) in [7, 11) is 0. The van der Waals surface area contributed by atoms with Crippen LogP contribution in [0.5, 0.6) is 0 Å². The maximum atomic E-state index is 12.0. The molecular weight excluding hydrogens is 305 g/mol. The van der Waals surface area contributed by atoms with Crippen LogP contribution in [0, 0.1) is 13.8 Å². The summed E-state index contributed by atoms with van der Waals surface area (Å²) in [5.41, 5.74) is 4.29. The molecule has 0 saturated heterocycles. The Balaban J connectivity index is 1.94. The average Bonchev–Trinajstić information content (AvgIpc) is 2.39. The van der Waals surface area contributed by atoms with E-state index in [1.807, 2.05) is 0 Å². The van der Waals surface area contributed by atoms with E-state index in [0.717, 1.165) is 5.56 Å². The number of hydrogen-bond acceptors (Lipinski definition) is 1. The van der Waals surface area contributed by atoms with Crippen molar-refractivity contribution >= 4 is 34.8 Å². The zero-order chi connectivity index (χ0) is 15.4. The topological polar surface area (TPSA) is 29.1 Å². The van der Waals surface area contributed by atoms with Crippen molar-refractivity contribution in [2.75, 3.05) is 5.32 Å². The summed E-state index contributed by atoms with van der Waals surface area (Å²) >= 11 is 11.8. The minimum absolute atomic E-state index is 0.0495. The van der Waals surface area contributed by atoms with Gasteiger partial charge in [-0.3, -0.25) is 4.79 Å². The van der Waals surface area contributed by atoms with Crippen molar-refractivity contribution in [1.82, 2.24) is 0 Å². The molecule has 0 saturated carbocycles. The van der Waals surface area contributed by atoms with E-state index in [0.29, 0.717) is 28.6 Å². The SMILES string of the molecule is Cc1ccc(CCC(=O)Nc2cc(Cl)cc(Cl)c2)cc1C. The van der Waals surface area contributed by atoms with Gasteiger partial charge in [-0.05, 0) is 55.2 Å². The molecule has 0 aliphatic carbocycles. The molecule has 0 radical (unpaired) electrons. The van der Waals surface area contributed by atoms with Crippen LogP contribution in [0.1, 0.15) is 23.1 Å². The average molecular weight is 322 g/mol. The number of hydrogen-bond donors (Lipinski definition) is 1. The van der Waals surface area contributed by atoms with E-state index in [9.17, 15) is 4.79 Å². The van der Waals surface area contributed by atoms with E-state index in [1.54, 1.807) is 18.2 Å². The quantitative estimate of drug-likeness (QED) is 0.825. The van der Waals surface area contributed by atoms with E-state index < -0.39 is 0 Å². The normalized spacial score (nSPS) is 10.5. The fourth-order valence-electron chi connectivity index (χ4n) is 2.07. The summed E-state index contributed by atoms with van der Waals surface area (Å²) in [6.45, 7) is 4.15. The van der Waals surface area contributed by atoms with Crippen LogP contribution in [-0.4, -0.2) is 5.91 Å². The molecule has 0 heterocycles. The predicted octanol–water partition coefficient (Wildman–Crippen LogP) is 5.18. The molecule has 0 spiro atoms. The van der Waals surface area contributed by atoms with Gasteiger partial charge in [0.2, 0.25) is 5.91 Å². The van der Waals surface area contributed by atoms with Crippen LogP contribution in [0.4, 0.5) is 5.69 Å². The molecule has 0 atom stereocenters. The van der Waals surface area contributed by atoms with Gasteiger partial charge in [-0.1, -0.05) is 41.4 Å². The molecule has 0 aliphatic heterocycles. The largest absolute Gasteiger partial charge is 0.326 e. The molecule has 1 amide bonds. The number of benzene rings is 2. The molecule has 0 fully saturated rings. The minimum atomic E-state index is -0.0495. The van der Waals surface area contributed by atoms with Crippen LogP contribution < -0.4 is 5.32 Å². The summed E-state index contributed by atoms with van der Waals surface area (Å²) in [6.07, 6.45) is 1.13. The van der Waals surface area contributed by atoms with Crippen molar-refractivity contribution in [1.29, 1.82) is 0 Å². The molecule has 1 N–H and O–H groups in total. The molecule has 21 heavy (non-hydrogen) atoms. The lowest BCUT2D eigenvalue weighted by Gasteiger charge is -2.08. The fourth-order valence-corrected chi connectivity index (χ4v) is 2.59. The summed E-state index contributed by atoms with van der Waals surface area (Å²) in [5.74, 6) is -0.0495. The molecule has 2 rings (SSSR count). The van der Waals surface area contributed by atoms with Gasteiger partial charge in [0.05, 0.1) is 0 Å². The van der Waals surface area contributed by atoms with Crippen molar-refractivity contribution in [3.63, 3.8) is 0 Å². The van der Waals surface area contributed by atoms with E-state index in [1.165, 1.54) is 11.1 Å². The molecular formula is C17H17Cl2NO. The summed E-state index contributed by atoms with van der Waals surface area (Å²) in [6, 6.07) is 11.3. The molecule has 4 heteroatoms. The third-order valence-electron chi connectivity index (χ3n) is 3.36. The highest BCUT2D eigenvalue weighted by Crippen LogP contribution is 2.22. The van der Waals surface area contributed by atoms with Gasteiger partial charge >= 0.3 is 0 Å². The highest BCUT2D eigenvalue weighted by Gasteiger charge is 2.05. The van der Waals surface area contributed by atoms with Crippen LogP contribution in [0.2, 0.25) is 10.0 Å². The molecule has 0 aliphatic rings. The Morgan fingerprint density at radius 2 is 1.67 bits per heavy atom. The van der Waals surface area contributed by atoms with Crippen LogP contribution >= 0.6 is 23.2 Å². The van der Waals surface area contributed by atoms with Gasteiger partial charge < -0.3 is 5.32 Å². The lowest BCUT2D eigenvalue weighted by molar-refractivity contribution is -0.116. The van der Waals surface area contributed by atoms with Gasteiger partial charge in [0.25, 0.3) is 0 Å². The van der Waals surface area contributed by atoms with Gasteiger partial charge in [0.15, 0.2) is 0 Å². The Labute approximate surface area is 135 Å². The summed E-state index contributed by atoms with van der Waals surface area (Å²) < 4.78 is 0. The van der Waals surface area contributed by atoms with Crippen molar-refractivity contribution in [3.8, 4) is 0 Å². The van der Waals surface area contributed by atoms with E-state index >= 15 is 0 Å². The van der Waals surface area contributed by atoms with E-state index in [-0.39, 0.29) is 5.91 Å². The molecule has 110 valence electrons. The van der Waals surface area contributed by atoms with Crippen molar-refractivity contribution in [3.05, 3.63) is 63.1 Å². The second kappa shape index (κ2) is 6.97. The highest BCUT2D eigenvalue weighted by molar-refractivity contribution is 6.35. The van der Waals surface area contributed by atoms with Crippen LogP contribution in [0.15, 0.2) is 36.4 Å². The number of carbonyl (C=O) groups excluding carboxylic acids is 1. The number of carbonyl (C=O) groups is 1. The van der Waals surface area contributed by atoms with Crippen molar-refractivity contribution in [2.24, 2.45) is 0 Å². The number of aryl methyl sites for hydroxylation is 3. The highest BCUT2D eigenvalue weighted by atomic mass is 35.5. The van der Waals surface area contributed by atoms with Crippen LogP contribution in [0.3, 0.4) is 0 Å². The lowest BCUT2D eigenvalue weighted by Crippen LogP contribution is -2.12. The van der Waals surface area contributed by atoms with Gasteiger partial charge in [-0.2, -0.15) is 0 Å².